The molecule has 1 aromatic carbocycles. The molecule has 0 saturated carbocycles. The van der Waals surface area contributed by atoms with Crippen LogP contribution in [-0.4, -0.2) is 30.0 Å². The number of amides is 1. The van der Waals surface area contributed by atoms with Gasteiger partial charge < -0.3 is 9.64 Å². The van der Waals surface area contributed by atoms with Crippen LogP contribution < -0.4 is 4.74 Å². The first-order valence-electron chi connectivity index (χ1n) is 7.63. The second-order valence-corrected chi connectivity index (χ2v) is 5.87. The molecule has 0 N–H and O–H groups in total. The lowest BCUT2D eigenvalue weighted by Crippen LogP contribution is -2.43. The minimum atomic E-state index is -0.407. The molecule has 0 radical (unpaired) electrons. The summed E-state index contributed by atoms with van der Waals surface area (Å²) in [5.41, 5.74) is 1.24. The number of nitrogens with zero attached hydrogens (tertiary/aromatic N) is 1. The molecule has 1 aliphatic heterocycles. The lowest BCUT2D eigenvalue weighted by Gasteiger charge is -2.29. The number of rotatable bonds is 4. The standard InChI is InChI=1S/C17H25NO2/c1-13(2)15-8-7-9-16(12-15)20-14(3)17(19)18-10-5-4-6-11-18/h7-9,12-14H,4-6,10-11H2,1-3H3. The summed E-state index contributed by atoms with van der Waals surface area (Å²) in [5, 5.41) is 0. The number of benzene rings is 1. The van der Waals surface area contributed by atoms with Crippen LogP contribution in [0.15, 0.2) is 24.3 Å². The zero-order chi connectivity index (χ0) is 14.5. The normalized spacial score (nSPS) is 17.1. The second-order valence-electron chi connectivity index (χ2n) is 5.87. The Morgan fingerprint density at radius 1 is 1.15 bits per heavy atom. The number of ether oxygens (including phenoxy) is 1. The molecule has 0 bridgehead atoms. The first kappa shape index (κ1) is 14.9. The van der Waals surface area contributed by atoms with E-state index in [1.54, 1.807) is 0 Å². The molecule has 1 heterocycles. The van der Waals surface area contributed by atoms with Gasteiger partial charge in [0.1, 0.15) is 5.75 Å². The monoisotopic (exact) mass is 275 g/mol. The van der Waals surface area contributed by atoms with Crippen molar-refractivity contribution in [1.29, 1.82) is 0 Å². The first-order valence-corrected chi connectivity index (χ1v) is 7.63. The summed E-state index contributed by atoms with van der Waals surface area (Å²) in [5.74, 6) is 1.36. The predicted octanol–water partition coefficient (Wildman–Crippen LogP) is 3.59. The SMILES string of the molecule is CC(Oc1cccc(C(C)C)c1)C(=O)N1CCCCC1. The summed E-state index contributed by atoms with van der Waals surface area (Å²) in [4.78, 5) is 14.3. The molecule has 1 saturated heterocycles. The van der Waals surface area contributed by atoms with Gasteiger partial charge in [-0.2, -0.15) is 0 Å². The quantitative estimate of drug-likeness (QED) is 0.840. The molecule has 2 rings (SSSR count). The third-order valence-corrected chi connectivity index (χ3v) is 3.85. The van der Waals surface area contributed by atoms with Gasteiger partial charge >= 0.3 is 0 Å². The smallest absolute Gasteiger partial charge is 0.263 e. The zero-order valence-electron chi connectivity index (χ0n) is 12.8. The maximum atomic E-state index is 12.3. The van der Waals surface area contributed by atoms with Crippen molar-refractivity contribution in [2.45, 2.75) is 52.1 Å². The van der Waals surface area contributed by atoms with Crippen LogP contribution in [0.3, 0.4) is 0 Å². The molecule has 110 valence electrons. The molecule has 1 amide bonds. The fourth-order valence-corrected chi connectivity index (χ4v) is 2.57. The molecule has 1 aliphatic rings. The van der Waals surface area contributed by atoms with Gasteiger partial charge in [0.15, 0.2) is 6.10 Å². The van der Waals surface area contributed by atoms with Crippen LogP contribution in [0, 0.1) is 0 Å². The van der Waals surface area contributed by atoms with Gasteiger partial charge in [0.05, 0.1) is 0 Å². The molecule has 0 spiro atoms. The number of carbonyl (C=O) groups is 1. The van der Waals surface area contributed by atoms with Gasteiger partial charge in [-0.1, -0.05) is 26.0 Å². The Kier molecular flexibility index (Phi) is 5.05. The fourth-order valence-electron chi connectivity index (χ4n) is 2.57. The Morgan fingerprint density at radius 3 is 2.50 bits per heavy atom. The lowest BCUT2D eigenvalue weighted by atomic mass is 10.0. The topological polar surface area (TPSA) is 29.5 Å². The van der Waals surface area contributed by atoms with Gasteiger partial charge in [-0.15, -0.1) is 0 Å². The summed E-state index contributed by atoms with van der Waals surface area (Å²) in [6.45, 7) is 7.90. The Bertz CT molecular complexity index is 450. The molecule has 1 unspecified atom stereocenters. The van der Waals surface area contributed by atoms with Crippen LogP contribution in [0.4, 0.5) is 0 Å². The van der Waals surface area contributed by atoms with Crippen LogP contribution in [0.2, 0.25) is 0 Å². The highest BCUT2D eigenvalue weighted by Gasteiger charge is 2.23. The van der Waals surface area contributed by atoms with E-state index in [2.05, 4.69) is 19.9 Å². The van der Waals surface area contributed by atoms with Crippen LogP contribution in [-0.2, 0) is 4.79 Å². The van der Waals surface area contributed by atoms with E-state index >= 15 is 0 Å². The van der Waals surface area contributed by atoms with Crippen molar-refractivity contribution in [3.63, 3.8) is 0 Å². The maximum Gasteiger partial charge on any atom is 0.263 e. The predicted molar refractivity (Wildman–Crippen MR) is 81.1 cm³/mol. The lowest BCUT2D eigenvalue weighted by molar-refractivity contribution is -0.138. The number of likely N-dealkylation sites (tertiary alicyclic amines) is 1. The average Bonchev–Trinajstić information content (AvgIpc) is 2.47. The Balaban J connectivity index is 1.97. The van der Waals surface area contributed by atoms with Gasteiger partial charge in [0, 0.05) is 13.1 Å². The van der Waals surface area contributed by atoms with Crippen molar-refractivity contribution < 1.29 is 9.53 Å². The van der Waals surface area contributed by atoms with Gasteiger partial charge in [-0.25, -0.2) is 0 Å². The number of carbonyl (C=O) groups excluding carboxylic acids is 1. The fraction of sp³-hybridized carbons (Fsp3) is 0.588. The van der Waals surface area contributed by atoms with E-state index in [0.29, 0.717) is 5.92 Å². The van der Waals surface area contributed by atoms with E-state index in [1.165, 1.54) is 12.0 Å². The summed E-state index contributed by atoms with van der Waals surface area (Å²) in [6, 6.07) is 8.04. The molecule has 1 aromatic rings. The maximum absolute atomic E-state index is 12.3. The van der Waals surface area contributed by atoms with E-state index in [-0.39, 0.29) is 5.91 Å². The van der Waals surface area contributed by atoms with Crippen LogP contribution in [0.25, 0.3) is 0 Å². The van der Waals surface area contributed by atoms with Crippen molar-refractivity contribution in [3.8, 4) is 5.75 Å². The molecule has 3 nitrogen and oxygen atoms in total. The number of hydrogen-bond donors (Lipinski definition) is 0. The summed E-state index contributed by atoms with van der Waals surface area (Å²) >= 11 is 0. The minimum Gasteiger partial charge on any atom is -0.481 e. The highest BCUT2D eigenvalue weighted by atomic mass is 16.5. The molecule has 20 heavy (non-hydrogen) atoms. The minimum absolute atomic E-state index is 0.111. The van der Waals surface area contributed by atoms with E-state index in [0.717, 1.165) is 31.7 Å². The van der Waals surface area contributed by atoms with Crippen molar-refractivity contribution >= 4 is 5.91 Å². The van der Waals surface area contributed by atoms with E-state index in [1.807, 2.05) is 30.0 Å². The molecular weight excluding hydrogens is 250 g/mol. The molecular formula is C17H25NO2. The van der Waals surface area contributed by atoms with Crippen molar-refractivity contribution in [2.75, 3.05) is 13.1 Å². The van der Waals surface area contributed by atoms with Gasteiger partial charge in [-0.05, 0) is 49.8 Å². The second kappa shape index (κ2) is 6.78. The highest BCUT2D eigenvalue weighted by molar-refractivity contribution is 5.81. The number of piperidine rings is 1. The molecule has 3 heteroatoms. The first-order chi connectivity index (χ1) is 9.58. The Morgan fingerprint density at radius 2 is 1.85 bits per heavy atom. The number of hydrogen-bond acceptors (Lipinski definition) is 2. The van der Waals surface area contributed by atoms with Crippen LogP contribution >= 0.6 is 0 Å². The van der Waals surface area contributed by atoms with Crippen LogP contribution in [0.1, 0.15) is 51.5 Å². The molecule has 1 atom stereocenters. The molecule has 0 aliphatic carbocycles. The largest absolute Gasteiger partial charge is 0.481 e. The van der Waals surface area contributed by atoms with Gasteiger partial charge in [-0.3, -0.25) is 4.79 Å². The average molecular weight is 275 g/mol. The van der Waals surface area contributed by atoms with E-state index in [9.17, 15) is 4.79 Å². The van der Waals surface area contributed by atoms with E-state index < -0.39 is 6.10 Å². The molecule has 0 aromatic heterocycles. The van der Waals surface area contributed by atoms with Crippen molar-refractivity contribution in [3.05, 3.63) is 29.8 Å². The molecule has 1 fully saturated rings. The Labute approximate surface area is 121 Å². The zero-order valence-corrected chi connectivity index (χ0v) is 12.8. The third kappa shape index (κ3) is 3.75. The highest BCUT2D eigenvalue weighted by Crippen LogP contribution is 2.21. The van der Waals surface area contributed by atoms with Crippen LogP contribution in [0.5, 0.6) is 5.75 Å². The van der Waals surface area contributed by atoms with Gasteiger partial charge in [0.25, 0.3) is 5.91 Å². The summed E-state index contributed by atoms with van der Waals surface area (Å²) in [6.07, 6.45) is 3.05. The Hall–Kier alpha value is -1.51. The van der Waals surface area contributed by atoms with Gasteiger partial charge in [0.2, 0.25) is 0 Å². The van der Waals surface area contributed by atoms with Crippen molar-refractivity contribution in [2.24, 2.45) is 0 Å². The summed E-state index contributed by atoms with van der Waals surface area (Å²) in [7, 11) is 0. The van der Waals surface area contributed by atoms with Crippen molar-refractivity contribution in [1.82, 2.24) is 4.90 Å². The van der Waals surface area contributed by atoms with E-state index in [4.69, 9.17) is 4.74 Å². The third-order valence-electron chi connectivity index (χ3n) is 3.85. The summed E-state index contributed by atoms with van der Waals surface area (Å²) < 4.78 is 5.83.